The SMILES string of the molecule is C[n+]1cc(-c2ccc(OCCON)cc2)ccc1NC(=O)C(CCCCNC(=O)OC(C)(C)C)NC(=O)OC(C)(C)C. The monoisotopic (exact) mass is 588 g/mol. The number of aryl methyl sites for hydroxylation is 1. The van der Waals surface area contributed by atoms with Gasteiger partial charge in [-0.15, -0.1) is 0 Å². The molecule has 1 heterocycles. The second-order valence-corrected chi connectivity index (χ2v) is 11.8. The molecule has 0 aliphatic carbocycles. The van der Waals surface area contributed by atoms with Gasteiger partial charge in [0.15, 0.2) is 0 Å². The summed E-state index contributed by atoms with van der Waals surface area (Å²) in [6.07, 6.45) is 2.21. The molecule has 1 aromatic carbocycles. The minimum Gasteiger partial charge on any atom is -0.491 e. The number of nitrogens with two attached hydrogens (primary N) is 1. The number of rotatable bonds is 13. The van der Waals surface area contributed by atoms with E-state index in [1.807, 2.05) is 43.6 Å². The molecule has 1 unspecified atom stereocenters. The Bertz CT molecular complexity index is 1170. The summed E-state index contributed by atoms with van der Waals surface area (Å²) < 4.78 is 18.0. The molecule has 42 heavy (non-hydrogen) atoms. The predicted octanol–water partition coefficient (Wildman–Crippen LogP) is 3.97. The van der Waals surface area contributed by atoms with Crippen LogP contribution in [0.4, 0.5) is 15.4 Å². The van der Waals surface area contributed by atoms with E-state index < -0.39 is 29.4 Å². The van der Waals surface area contributed by atoms with Gasteiger partial charge in [0.25, 0.3) is 5.82 Å². The fraction of sp³-hybridized carbons (Fsp3) is 0.533. The Kier molecular flexibility index (Phi) is 13.0. The molecular weight excluding hydrogens is 542 g/mol. The molecule has 0 saturated heterocycles. The van der Waals surface area contributed by atoms with Crippen molar-refractivity contribution in [3.63, 3.8) is 0 Å². The molecule has 12 heteroatoms. The minimum atomic E-state index is -0.849. The number of unbranched alkanes of at least 4 members (excludes halogenated alkanes) is 1. The van der Waals surface area contributed by atoms with Crippen LogP contribution in [-0.4, -0.2) is 55.1 Å². The number of carbonyl (C=O) groups excluding carboxylic acids is 3. The van der Waals surface area contributed by atoms with Gasteiger partial charge in [-0.2, -0.15) is 0 Å². The number of nitrogens with zero attached hydrogens (tertiary/aromatic N) is 1. The summed E-state index contributed by atoms with van der Waals surface area (Å²) in [6.45, 7) is 11.7. The van der Waals surface area contributed by atoms with Gasteiger partial charge in [0.1, 0.15) is 36.2 Å². The van der Waals surface area contributed by atoms with E-state index in [1.54, 1.807) is 52.2 Å². The van der Waals surface area contributed by atoms with Gasteiger partial charge in [-0.1, -0.05) is 12.1 Å². The summed E-state index contributed by atoms with van der Waals surface area (Å²) in [6, 6.07) is 10.4. The lowest BCUT2D eigenvalue weighted by atomic mass is 10.1. The number of hydrogen-bond acceptors (Lipinski definition) is 8. The molecule has 0 radical (unpaired) electrons. The van der Waals surface area contributed by atoms with Crippen molar-refractivity contribution in [2.45, 2.75) is 78.0 Å². The number of anilines is 1. The highest BCUT2D eigenvalue weighted by atomic mass is 16.6. The first-order chi connectivity index (χ1) is 19.7. The van der Waals surface area contributed by atoms with Crippen molar-refractivity contribution in [3.8, 4) is 16.9 Å². The van der Waals surface area contributed by atoms with Crippen molar-refractivity contribution in [3.05, 3.63) is 42.6 Å². The molecular formula is C30H46N5O7+. The van der Waals surface area contributed by atoms with Crippen molar-refractivity contribution in [1.82, 2.24) is 10.6 Å². The number of nitrogens with one attached hydrogen (secondary N) is 3. The van der Waals surface area contributed by atoms with Crippen molar-refractivity contribution >= 4 is 23.9 Å². The first-order valence-electron chi connectivity index (χ1n) is 14.0. The maximum atomic E-state index is 13.3. The van der Waals surface area contributed by atoms with Gasteiger partial charge in [-0.25, -0.2) is 30.2 Å². The largest absolute Gasteiger partial charge is 0.491 e. The average Bonchev–Trinajstić information content (AvgIpc) is 2.87. The Morgan fingerprint density at radius 2 is 1.48 bits per heavy atom. The number of alkyl carbamates (subject to hydrolysis) is 2. The van der Waals surface area contributed by atoms with Crippen LogP contribution in [0.15, 0.2) is 42.6 Å². The van der Waals surface area contributed by atoms with Crippen LogP contribution in [0.2, 0.25) is 0 Å². The van der Waals surface area contributed by atoms with Gasteiger partial charge in [0, 0.05) is 18.2 Å². The molecule has 0 aliphatic rings. The molecule has 0 bridgehead atoms. The zero-order chi connectivity index (χ0) is 31.3. The number of amides is 3. The van der Waals surface area contributed by atoms with Gasteiger partial charge in [0.05, 0.1) is 13.2 Å². The zero-order valence-electron chi connectivity index (χ0n) is 25.7. The van der Waals surface area contributed by atoms with Gasteiger partial charge in [-0.3, -0.25) is 0 Å². The third-order valence-electron chi connectivity index (χ3n) is 5.64. The number of hydrogen-bond donors (Lipinski definition) is 4. The molecule has 0 aliphatic heterocycles. The van der Waals surface area contributed by atoms with E-state index in [2.05, 4.69) is 20.8 Å². The third-order valence-corrected chi connectivity index (χ3v) is 5.64. The van der Waals surface area contributed by atoms with Crippen molar-refractivity contribution in [2.75, 3.05) is 25.1 Å². The lowest BCUT2D eigenvalue weighted by Gasteiger charge is -2.22. The van der Waals surface area contributed by atoms with Crippen LogP contribution in [-0.2, 0) is 26.2 Å². The van der Waals surface area contributed by atoms with E-state index in [-0.39, 0.29) is 5.91 Å². The van der Waals surface area contributed by atoms with Crippen molar-refractivity contribution in [2.24, 2.45) is 12.9 Å². The first kappa shape index (κ1) is 34.3. The van der Waals surface area contributed by atoms with Gasteiger partial charge < -0.3 is 29.7 Å². The summed E-state index contributed by atoms with van der Waals surface area (Å²) in [5.41, 5.74) is 0.608. The summed E-state index contributed by atoms with van der Waals surface area (Å²) in [5.74, 6) is 5.89. The number of pyridine rings is 1. The second-order valence-electron chi connectivity index (χ2n) is 11.8. The standard InChI is InChI=1S/C30H45N5O7/c1-29(2,3)41-27(37)32-17-9-8-10-24(33-28(38)42-30(4,5)6)26(36)34-25-16-13-22(20-35(25)7)21-11-14-23(15-12-21)39-18-19-40-31/h11-16,20,24H,8-10,17-19,31H2,1-7H3,(H2,32,33,37,38)/p+1. The summed E-state index contributed by atoms with van der Waals surface area (Å²) >= 11 is 0. The van der Waals surface area contributed by atoms with Crippen LogP contribution in [0.3, 0.4) is 0 Å². The van der Waals surface area contributed by atoms with E-state index in [1.165, 1.54) is 0 Å². The molecule has 5 N–H and O–H groups in total. The summed E-state index contributed by atoms with van der Waals surface area (Å²) in [5, 5.41) is 8.29. The first-order valence-corrected chi connectivity index (χ1v) is 14.0. The van der Waals surface area contributed by atoms with Crippen LogP contribution in [0, 0.1) is 0 Å². The minimum absolute atomic E-state index is 0.296. The van der Waals surface area contributed by atoms with Crippen LogP contribution in [0.25, 0.3) is 11.1 Å². The molecule has 0 fully saturated rings. The zero-order valence-corrected chi connectivity index (χ0v) is 25.7. The van der Waals surface area contributed by atoms with Crippen molar-refractivity contribution in [1.29, 1.82) is 0 Å². The lowest BCUT2D eigenvalue weighted by Crippen LogP contribution is -2.47. The highest BCUT2D eigenvalue weighted by molar-refractivity contribution is 5.95. The molecule has 232 valence electrons. The van der Waals surface area contributed by atoms with Crippen LogP contribution in [0.1, 0.15) is 60.8 Å². The Balaban J connectivity index is 2.03. The van der Waals surface area contributed by atoms with E-state index in [0.717, 1.165) is 11.1 Å². The Morgan fingerprint density at radius 1 is 0.857 bits per heavy atom. The number of ether oxygens (including phenoxy) is 3. The molecule has 1 aromatic heterocycles. The Hall–Kier alpha value is -3.90. The number of benzene rings is 1. The third kappa shape index (κ3) is 13.2. The van der Waals surface area contributed by atoms with Crippen LogP contribution in [0.5, 0.6) is 5.75 Å². The molecule has 2 rings (SSSR count). The smallest absolute Gasteiger partial charge is 0.408 e. The fourth-order valence-electron chi connectivity index (χ4n) is 3.77. The van der Waals surface area contributed by atoms with E-state index in [4.69, 9.17) is 20.1 Å². The summed E-state index contributed by atoms with van der Waals surface area (Å²) in [7, 11) is 1.82. The molecule has 3 amide bonds. The average molecular weight is 589 g/mol. The Morgan fingerprint density at radius 3 is 2.07 bits per heavy atom. The Labute approximate surface area is 248 Å². The van der Waals surface area contributed by atoms with E-state index >= 15 is 0 Å². The maximum absolute atomic E-state index is 13.3. The molecule has 12 nitrogen and oxygen atoms in total. The molecule has 1 atom stereocenters. The number of carbonyl (C=O) groups is 3. The summed E-state index contributed by atoms with van der Waals surface area (Å²) in [4.78, 5) is 42.1. The number of aromatic nitrogens is 1. The molecule has 2 aromatic rings. The van der Waals surface area contributed by atoms with E-state index in [0.29, 0.717) is 50.6 Å². The van der Waals surface area contributed by atoms with Crippen LogP contribution < -0.4 is 31.2 Å². The quantitative estimate of drug-likeness (QED) is 0.156. The lowest BCUT2D eigenvalue weighted by molar-refractivity contribution is -0.656. The highest BCUT2D eigenvalue weighted by Crippen LogP contribution is 2.22. The predicted molar refractivity (Wildman–Crippen MR) is 159 cm³/mol. The van der Waals surface area contributed by atoms with E-state index in [9.17, 15) is 14.4 Å². The topological polar surface area (TPSA) is 154 Å². The molecule has 0 saturated carbocycles. The fourth-order valence-corrected chi connectivity index (χ4v) is 3.77. The van der Waals surface area contributed by atoms with Gasteiger partial charge in [-0.05, 0) is 84.6 Å². The van der Waals surface area contributed by atoms with Gasteiger partial charge in [0.2, 0.25) is 0 Å². The highest BCUT2D eigenvalue weighted by Gasteiger charge is 2.28. The van der Waals surface area contributed by atoms with Crippen molar-refractivity contribution < 1.29 is 38.0 Å². The maximum Gasteiger partial charge on any atom is 0.408 e. The van der Waals surface area contributed by atoms with Gasteiger partial charge >= 0.3 is 18.1 Å². The van der Waals surface area contributed by atoms with Crippen LogP contribution >= 0.6 is 0 Å². The molecule has 0 spiro atoms. The normalized spacial score (nSPS) is 12.2. The second kappa shape index (κ2) is 15.9.